The van der Waals surface area contributed by atoms with Gasteiger partial charge in [-0.1, -0.05) is 0 Å². The first kappa shape index (κ1) is 11.1. The molecule has 3 nitrogen and oxygen atoms in total. The fraction of sp³-hybridized carbons (Fsp3) is 0.462. The highest BCUT2D eigenvalue weighted by Gasteiger charge is 2.12. The maximum Gasteiger partial charge on any atom is 0.123 e. The molecule has 0 aliphatic rings. The zero-order chi connectivity index (χ0) is 11.9. The fourth-order valence-electron chi connectivity index (χ4n) is 2.12. The molecule has 0 unspecified atom stereocenters. The highest BCUT2D eigenvalue weighted by molar-refractivity contribution is 5.78. The Morgan fingerprint density at radius 2 is 1.88 bits per heavy atom. The lowest BCUT2D eigenvalue weighted by Gasteiger charge is -2.12. The van der Waals surface area contributed by atoms with Crippen LogP contribution in [0, 0.1) is 13.8 Å². The molecule has 86 valence electrons. The summed E-state index contributed by atoms with van der Waals surface area (Å²) in [5.74, 6) is 0.968. The van der Waals surface area contributed by atoms with Crippen molar-refractivity contribution in [2.24, 2.45) is 5.73 Å². The molecule has 0 atom stereocenters. The van der Waals surface area contributed by atoms with E-state index in [2.05, 4.69) is 49.4 Å². The number of fused-ring (bicyclic) bond motifs is 1. The average Bonchev–Trinajstić information content (AvgIpc) is 2.56. The first-order valence-electron chi connectivity index (χ1n) is 5.72. The lowest BCUT2D eigenvalue weighted by Crippen LogP contribution is -2.10. The Hall–Kier alpha value is -1.35. The third-order valence-corrected chi connectivity index (χ3v) is 3.08. The Labute approximate surface area is 96.3 Å². The smallest absolute Gasteiger partial charge is 0.123 e. The Morgan fingerprint density at radius 3 is 2.44 bits per heavy atom. The van der Waals surface area contributed by atoms with Crippen LogP contribution in [0.4, 0.5) is 0 Å². The Balaban J connectivity index is 2.79. The Bertz CT molecular complexity index is 523. The third kappa shape index (κ3) is 1.61. The van der Waals surface area contributed by atoms with Gasteiger partial charge in [0.15, 0.2) is 0 Å². The summed E-state index contributed by atoms with van der Waals surface area (Å²) in [5, 5.41) is 0. The summed E-state index contributed by atoms with van der Waals surface area (Å²) in [6.07, 6.45) is 0. The number of imidazole rings is 1. The van der Waals surface area contributed by atoms with E-state index in [1.807, 2.05) is 0 Å². The van der Waals surface area contributed by atoms with Crippen molar-refractivity contribution >= 4 is 11.0 Å². The maximum atomic E-state index is 5.75. The van der Waals surface area contributed by atoms with Crippen molar-refractivity contribution in [2.45, 2.75) is 40.3 Å². The van der Waals surface area contributed by atoms with Crippen molar-refractivity contribution in [3.8, 4) is 0 Å². The van der Waals surface area contributed by atoms with Gasteiger partial charge in [-0.15, -0.1) is 0 Å². The van der Waals surface area contributed by atoms with Gasteiger partial charge in [-0.2, -0.15) is 0 Å². The predicted octanol–water partition coefficient (Wildman–Crippen LogP) is 2.69. The highest BCUT2D eigenvalue weighted by Crippen LogP contribution is 2.23. The van der Waals surface area contributed by atoms with Crippen LogP contribution in [0.3, 0.4) is 0 Å². The number of nitrogens with zero attached hydrogens (tertiary/aromatic N) is 2. The minimum atomic E-state index is 0.394. The minimum absolute atomic E-state index is 0.394. The zero-order valence-corrected chi connectivity index (χ0v) is 10.4. The van der Waals surface area contributed by atoms with Gasteiger partial charge in [-0.25, -0.2) is 4.98 Å². The van der Waals surface area contributed by atoms with Gasteiger partial charge in [0.05, 0.1) is 17.6 Å². The molecular formula is C13H19N3. The van der Waals surface area contributed by atoms with Crippen molar-refractivity contribution in [2.75, 3.05) is 0 Å². The molecule has 0 spiro atoms. The number of aryl methyl sites for hydroxylation is 2. The molecule has 16 heavy (non-hydrogen) atoms. The van der Waals surface area contributed by atoms with Crippen molar-refractivity contribution in [3.63, 3.8) is 0 Å². The van der Waals surface area contributed by atoms with E-state index in [9.17, 15) is 0 Å². The number of hydrogen-bond donors (Lipinski definition) is 1. The summed E-state index contributed by atoms with van der Waals surface area (Å²) in [6.45, 7) is 9.07. The first-order chi connectivity index (χ1) is 7.54. The summed E-state index contributed by atoms with van der Waals surface area (Å²) in [6, 6.07) is 4.74. The molecule has 2 N–H and O–H groups in total. The van der Waals surface area contributed by atoms with Crippen molar-refractivity contribution < 1.29 is 0 Å². The van der Waals surface area contributed by atoms with Crippen LogP contribution in [0.15, 0.2) is 12.1 Å². The van der Waals surface area contributed by atoms with E-state index in [-0.39, 0.29) is 0 Å². The van der Waals surface area contributed by atoms with Crippen LogP contribution in [-0.4, -0.2) is 9.55 Å². The number of aromatic nitrogens is 2. The van der Waals surface area contributed by atoms with Crippen LogP contribution in [-0.2, 0) is 6.54 Å². The molecular weight excluding hydrogens is 198 g/mol. The summed E-state index contributed by atoms with van der Waals surface area (Å²) < 4.78 is 2.22. The molecule has 2 rings (SSSR count). The largest absolute Gasteiger partial charge is 0.324 e. The zero-order valence-electron chi connectivity index (χ0n) is 10.4. The summed E-state index contributed by atoms with van der Waals surface area (Å²) >= 11 is 0. The second-order valence-electron chi connectivity index (χ2n) is 4.62. The predicted molar refractivity (Wildman–Crippen MR) is 67.5 cm³/mol. The third-order valence-electron chi connectivity index (χ3n) is 3.08. The van der Waals surface area contributed by atoms with E-state index in [1.54, 1.807) is 0 Å². The van der Waals surface area contributed by atoms with Crippen LogP contribution in [0.2, 0.25) is 0 Å². The molecule has 1 aromatic heterocycles. The Morgan fingerprint density at radius 1 is 1.25 bits per heavy atom. The van der Waals surface area contributed by atoms with Gasteiger partial charge >= 0.3 is 0 Å². The number of nitrogens with two attached hydrogens (primary N) is 1. The lowest BCUT2D eigenvalue weighted by atomic mass is 10.1. The van der Waals surface area contributed by atoms with Gasteiger partial charge in [0.2, 0.25) is 0 Å². The van der Waals surface area contributed by atoms with Gasteiger partial charge in [0, 0.05) is 6.04 Å². The van der Waals surface area contributed by atoms with E-state index >= 15 is 0 Å². The molecule has 0 amide bonds. The molecule has 0 saturated carbocycles. The second kappa shape index (κ2) is 3.91. The quantitative estimate of drug-likeness (QED) is 0.840. The molecule has 3 heteroatoms. The van der Waals surface area contributed by atoms with Crippen LogP contribution in [0.25, 0.3) is 11.0 Å². The van der Waals surface area contributed by atoms with Crippen molar-refractivity contribution in [1.82, 2.24) is 9.55 Å². The van der Waals surface area contributed by atoms with Gasteiger partial charge in [-0.3, -0.25) is 0 Å². The SMILES string of the molecule is Cc1cc2nc(CN)n(C(C)C)c2cc1C. The molecule has 0 aliphatic heterocycles. The van der Waals surface area contributed by atoms with Gasteiger partial charge < -0.3 is 10.3 Å². The molecule has 0 saturated heterocycles. The van der Waals surface area contributed by atoms with Crippen molar-refractivity contribution in [1.29, 1.82) is 0 Å². The minimum Gasteiger partial charge on any atom is -0.324 e. The van der Waals surface area contributed by atoms with Crippen LogP contribution < -0.4 is 5.73 Å². The van der Waals surface area contributed by atoms with Gasteiger partial charge in [0.1, 0.15) is 5.82 Å². The van der Waals surface area contributed by atoms with E-state index in [0.717, 1.165) is 11.3 Å². The lowest BCUT2D eigenvalue weighted by molar-refractivity contribution is 0.585. The van der Waals surface area contributed by atoms with Gasteiger partial charge in [-0.05, 0) is 51.0 Å². The monoisotopic (exact) mass is 217 g/mol. The van der Waals surface area contributed by atoms with Crippen molar-refractivity contribution in [3.05, 3.63) is 29.1 Å². The normalized spacial score (nSPS) is 11.6. The molecule has 0 radical (unpaired) electrons. The Kier molecular flexibility index (Phi) is 2.72. The standard InChI is InChI=1S/C13H19N3/c1-8(2)16-12-6-10(4)9(3)5-11(12)15-13(16)7-14/h5-6,8H,7,14H2,1-4H3. The second-order valence-corrected chi connectivity index (χ2v) is 4.62. The highest BCUT2D eigenvalue weighted by atomic mass is 15.1. The van der Waals surface area contributed by atoms with E-state index in [1.165, 1.54) is 16.6 Å². The number of rotatable bonds is 2. The first-order valence-corrected chi connectivity index (χ1v) is 5.72. The topological polar surface area (TPSA) is 43.8 Å². The fourth-order valence-corrected chi connectivity index (χ4v) is 2.12. The summed E-state index contributed by atoms with van der Waals surface area (Å²) in [5.41, 5.74) is 10.6. The molecule has 2 aromatic rings. The molecule has 0 aliphatic carbocycles. The number of benzene rings is 1. The molecule has 1 aromatic carbocycles. The van der Waals surface area contributed by atoms with E-state index in [0.29, 0.717) is 12.6 Å². The van der Waals surface area contributed by atoms with E-state index in [4.69, 9.17) is 5.73 Å². The summed E-state index contributed by atoms with van der Waals surface area (Å²) in [7, 11) is 0. The number of hydrogen-bond acceptors (Lipinski definition) is 2. The molecule has 1 heterocycles. The summed E-state index contributed by atoms with van der Waals surface area (Å²) in [4.78, 5) is 4.59. The molecule has 0 fully saturated rings. The van der Waals surface area contributed by atoms with Crippen LogP contribution in [0.1, 0.15) is 36.8 Å². The van der Waals surface area contributed by atoms with Crippen LogP contribution >= 0.6 is 0 Å². The maximum absolute atomic E-state index is 5.75. The van der Waals surface area contributed by atoms with Crippen LogP contribution in [0.5, 0.6) is 0 Å². The van der Waals surface area contributed by atoms with Gasteiger partial charge in [0.25, 0.3) is 0 Å². The average molecular weight is 217 g/mol. The molecule has 0 bridgehead atoms. The van der Waals surface area contributed by atoms with E-state index < -0.39 is 0 Å².